The van der Waals surface area contributed by atoms with Gasteiger partial charge in [0.2, 0.25) is 0 Å². The summed E-state index contributed by atoms with van der Waals surface area (Å²) in [6, 6.07) is 0. The van der Waals surface area contributed by atoms with Crippen molar-refractivity contribution in [3.63, 3.8) is 0 Å². The highest BCUT2D eigenvalue weighted by atomic mass is 14.4. The summed E-state index contributed by atoms with van der Waals surface area (Å²) in [6.45, 7) is 28.8. The average molecular weight is 755 g/mol. The van der Waals surface area contributed by atoms with Crippen LogP contribution in [0.3, 0.4) is 0 Å². The fourth-order valence-electron chi connectivity index (χ4n) is 11.2. The minimum atomic E-state index is 0.653. The first-order chi connectivity index (χ1) is 25.2. The molecule has 0 bridgehead atoms. The van der Waals surface area contributed by atoms with E-state index >= 15 is 0 Å². The van der Waals surface area contributed by atoms with Gasteiger partial charge >= 0.3 is 0 Å². The standard InChI is InChI=1S/C12H22.C10H20.C9H18.2C8H16.C7H14/c1-12(2)8-7-10-5-3-4-6-11(10)9-12;1-10(2)8-6-4-3-5-7-9-10;1-9(2)7-5-3-4-6-8-9;2*1-8(2)6-4-3-5-7-8;1-7(2)5-3-4-6-7/h10-11H,3-9H2,1-2H3;3-9H2,1-2H3;3-8H2,1-2H3;2*3-7H2,1-2H3;3-6H2,1-2H3. The van der Waals surface area contributed by atoms with Crippen LogP contribution in [0.25, 0.3) is 0 Å². The Labute approximate surface area is 344 Å². The molecule has 0 spiro atoms. The van der Waals surface area contributed by atoms with E-state index in [0.29, 0.717) is 32.5 Å². The summed E-state index contributed by atoms with van der Waals surface area (Å²) in [4.78, 5) is 0. The van der Waals surface area contributed by atoms with Crippen molar-refractivity contribution in [2.24, 2.45) is 44.3 Å². The maximum atomic E-state index is 2.46. The highest BCUT2D eigenvalue weighted by Gasteiger charge is 2.35. The number of rotatable bonds is 0. The lowest BCUT2D eigenvalue weighted by molar-refractivity contribution is 0.0833. The Bertz CT molecular complexity index is 860. The third-order valence-electron chi connectivity index (χ3n) is 15.6. The Balaban J connectivity index is 0.000000226. The molecule has 54 heavy (non-hydrogen) atoms. The molecule has 7 fully saturated rings. The van der Waals surface area contributed by atoms with Crippen LogP contribution in [-0.2, 0) is 0 Å². The quantitative estimate of drug-likeness (QED) is 0.216. The highest BCUT2D eigenvalue weighted by molar-refractivity contribution is 4.87. The van der Waals surface area contributed by atoms with Gasteiger partial charge in [-0.25, -0.2) is 0 Å². The van der Waals surface area contributed by atoms with Crippen LogP contribution in [0.1, 0.15) is 301 Å². The third-order valence-corrected chi connectivity index (χ3v) is 15.6. The van der Waals surface area contributed by atoms with E-state index in [4.69, 9.17) is 0 Å². The molecule has 0 N–H and O–H groups in total. The molecule has 0 saturated heterocycles. The second-order valence-corrected chi connectivity index (χ2v) is 25.0. The first-order valence-corrected chi connectivity index (χ1v) is 25.2. The summed E-state index contributed by atoms with van der Waals surface area (Å²) in [7, 11) is 0. The van der Waals surface area contributed by atoms with Crippen molar-refractivity contribution in [3.05, 3.63) is 0 Å². The Morgan fingerprint density at radius 3 is 0.704 bits per heavy atom. The molecule has 0 aromatic heterocycles. The maximum Gasteiger partial charge on any atom is -0.0351 e. The van der Waals surface area contributed by atoms with Crippen molar-refractivity contribution in [2.75, 3.05) is 0 Å². The van der Waals surface area contributed by atoms with E-state index in [-0.39, 0.29) is 0 Å². The van der Waals surface area contributed by atoms with Gasteiger partial charge in [0.15, 0.2) is 0 Å². The van der Waals surface area contributed by atoms with Crippen LogP contribution < -0.4 is 0 Å². The molecular weight excluding hydrogens is 649 g/mol. The lowest BCUT2D eigenvalue weighted by Gasteiger charge is -2.43. The normalized spacial score (nSPS) is 30.4. The minimum Gasteiger partial charge on any atom is -0.0599 e. The molecule has 0 aromatic carbocycles. The lowest BCUT2D eigenvalue weighted by atomic mass is 9.63. The van der Waals surface area contributed by atoms with Crippen molar-refractivity contribution in [1.82, 2.24) is 0 Å². The largest absolute Gasteiger partial charge is 0.0599 e. The van der Waals surface area contributed by atoms with Gasteiger partial charge in [0.25, 0.3) is 0 Å². The summed E-state index contributed by atoms with van der Waals surface area (Å²) >= 11 is 0. The minimum absolute atomic E-state index is 0.653. The Morgan fingerprint density at radius 2 is 0.426 bits per heavy atom. The van der Waals surface area contributed by atoms with Crippen LogP contribution in [-0.4, -0.2) is 0 Å². The molecule has 322 valence electrons. The molecule has 0 heteroatoms. The van der Waals surface area contributed by atoms with Crippen molar-refractivity contribution >= 4 is 0 Å². The second kappa shape index (κ2) is 24.8. The Morgan fingerprint density at radius 1 is 0.204 bits per heavy atom. The number of hydrogen-bond donors (Lipinski definition) is 0. The van der Waals surface area contributed by atoms with Gasteiger partial charge in [-0.1, -0.05) is 218 Å². The smallest absolute Gasteiger partial charge is 0.0351 e. The maximum absolute atomic E-state index is 2.46. The van der Waals surface area contributed by atoms with Crippen LogP contribution >= 0.6 is 0 Å². The molecule has 0 heterocycles. The van der Waals surface area contributed by atoms with Crippen molar-refractivity contribution < 1.29 is 0 Å². The first kappa shape index (κ1) is 50.1. The molecule has 0 nitrogen and oxygen atoms in total. The van der Waals surface area contributed by atoms with E-state index in [1.807, 2.05) is 0 Å². The number of fused-ring (bicyclic) bond motifs is 1. The van der Waals surface area contributed by atoms with E-state index in [2.05, 4.69) is 83.1 Å². The van der Waals surface area contributed by atoms with E-state index < -0.39 is 0 Å². The Kier molecular flexibility index (Phi) is 23.0. The van der Waals surface area contributed by atoms with Gasteiger partial charge in [-0.3, -0.25) is 0 Å². The monoisotopic (exact) mass is 755 g/mol. The van der Waals surface area contributed by atoms with E-state index in [1.54, 1.807) is 6.42 Å². The van der Waals surface area contributed by atoms with E-state index in [9.17, 15) is 0 Å². The van der Waals surface area contributed by atoms with E-state index in [0.717, 1.165) is 11.8 Å². The van der Waals surface area contributed by atoms with Gasteiger partial charge in [0.1, 0.15) is 0 Å². The highest BCUT2D eigenvalue weighted by Crippen LogP contribution is 2.47. The average Bonchev–Trinajstić information content (AvgIpc) is 3.37. The van der Waals surface area contributed by atoms with Crippen LogP contribution in [0, 0.1) is 44.3 Å². The summed E-state index contributed by atoms with van der Waals surface area (Å²) in [5.74, 6) is 2.22. The van der Waals surface area contributed by atoms with E-state index in [1.165, 1.54) is 212 Å². The van der Waals surface area contributed by atoms with Gasteiger partial charge in [-0.15, -0.1) is 0 Å². The molecule has 7 saturated carbocycles. The zero-order valence-electron chi connectivity index (χ0n) is 40.2. The Hall–Kier alpha value is 0. The SMILES string of the molecule is CC1(C)CCC2CCCCC2C1.CC1(C)CCCC1.CC1(C)CCCCC1.CC1(C)CCCCC1.CC1(C)CCCCCC1.CC1(C)CCCCCCC1. The molecule has 0 aliphatic heterocycles. The predicted molar refractivity (Wildman–Crippen MR) is 247 cm³/mol. The summed E-state index contributed by atoms with van der Waals surface area (Å²) in [5.41, 5.74) is 4.03. The molecule has 0 aromatic rings. The molecule has 7 aliphatic carbocycles. The van der Waals surface area contributed by atoms with Crippen LogP contribution in [0.5, 0.6) is 0 Å². The van der Waals surface area contributed by atoms with Crippen molar-refractivity contribution in [3.8, 4) is 0 Å². The molecule has 2 atom stereocenters. The zero-order valence-corrected chi connectivity index (χ0v) is 40.2. The topological polar surface area (TPSA) is 0 Å². The fraction of sp³-hybridized carbons (Fsp3) is 1.00. The van der Waals surface area contributed by atoms with Gasteiger partial charge in [0.05, 0.1) is 0 Å². The number of hydrogen-bond acceptors (Lipinski definition) is 0. The van der Waals surface area contributed by atoms with Crippen LogP contribution in [0.15, 0.2) is 0 Å². The van der Waals surface area contributed by atoms with Crippen molar-refractivity contribution in [1.29, 1.82) is 0 Å². The molecular formula is C54H106. The first-order valence-electron chi connectivity index (χ1n) is 25.2. The second-order valence-electron chi connectivity index (χ2n) is 25.0. The summed E-state index contributed by atoms with van der Waals surface area (Å²) in [6.07, 6.45) is 50.1. The van der Waals surface area contributed by atoms with Gasteiger partial charge in [-0.05, 0) is 128 Å². The lowest BCUT2D eigenvalue weighted by Crippen LogP contribution is -2.31. The van der Waals surface area contributed by atoms with Gasteiger partial charge in [-0.2, -0.15) is 0 Å². The van der Waals surface area contributed by atoms with Crippen LogP contribution in [0.4, 0.5) is 0 Å². The third kappa shape index (κ3) is 24.7. The molecule has 0 amide bonds. The molecule has 2 unspecified atom stereocenters. The predicted octanol–water partition coefficient (Wildman–Crippen LogP) is 19.7. The van der Waals surface area contributed by atoms with Gasteiger partial charge < -0.3 is 0 Å². The molecule has 7 rings (SSSR count). The summed E-state index contributed by atoms with van der Waals surface area (Å²) in [5, 5.41) is 0. The summed E-state index contributed by atoms with van der Waals surface area (Å²) < 4.78 is 0. The zero-order chi connectivity index (χ0) is 40.2. The van der Waals surface area contributed by atoms with Gasteiger partial charge in [0, 0.05) is 0 Å². The fourth-order valence-corrected chi connectivity index (χ4v) is 11.2. The van der Waals surface area contributed by atoms with Crippen molar-refractivity contribution in [2.45, 2.75) is 301 Å². The van der Waals surface area contributed by atoms with Crippen LogP contribution in [0.2, 0.25) is 0 Å². The molecule has 7 aliphatic rings. The molecule has 0 radical (unpaired) electrons.